The molecule has 0 aliphatic rings. The van der Waals surface area contributed by atoms with Gasteiger partial charge in [-0.25, -0.2) is 21.5 Å². The van der Waals surface area contributed by atoms with Crippen molar-refractivity contribution in [2.75, 3.05) is 0 Å². The zero-order chi connectivity index (χ0) is 16.4. The Kier molecular flexibility index (Phi) is 5.29. The summed E-state index contributed by atoms with van der Waals surface area (Å²) in [6.07, 6.45) is 1.91. The monoisotopic (exact) mass is 386 g/mol. The van der Waals surface area contributed by atoms with E-state index in [9.17, 15) is 4.79 Å². The standard InChI is InChI=1S/C15H9N2OS.C5H5.Fe/c18-14-13(9-10-5-1-2-6-10)19-15-16-11-7-3-4-8-12(11)17(14)15;1-2-4-5-3-1;/h1-9H;1-5H;/q2*-1;+2. The first kappa shape index (κ1) is 17.4. The fourth-order valence-electron chi connectivity index (χ4n) is 2.57. The van der Waals surface area contributed by atoms with Crippen LogP contribution in [0.1, 0.15) is 5.56 Å². The maximum Gasteiger partial charge on any atom is 2.00 e. The molecular formula is C20H14FeN2OS. The molecule has 0 radical (unpaired) electrons. The molecule has 124 valence electrons. The Hall–Kier alpha value is -2.46. The van der Waals surface area contributed by atoms with Gasteiger partial charge in [0.2, 0.25) is 0 Å². The number of rotatable bonds is 1. The predicted octanol–water partition coefficient (Wildman–Crippen LogP) is 3.58. The van der Waals surface area contributed by atoms with Gasteiger partial charge in [-0.1, -0.05) is 12.1 Å². The van der Waals surface area contributed by atoms with E-state index in [1.807, 2.05) is 84.9 Å². The van der Waals surface area contributed by atoms with Crippen LogP contribution in [-0.2, 0) is 17.1 Å². The number of hydrogen-bond donors (Lipinski definition) is 0. The molecule has 2 aromatic heterocycles. The zero-order valence-corrected chi connectivity index (χ0v) is 15.1. The fraction of sp³-hybridized carbons (Fsp3) is 0. The number of imidazole rings is 1. The van der Waals surface area contributed by atoms with Gasteiger partial charge in [0, 0.05) is 0 Å². The van der Waals surface area contributed by atoms with E-state index in [1.54, 1.807) is 4.40 Å². The Morgan fingerprint density at radius 2 is 1.80 bits per heavy atom. The van der Waals surface area contributed by atoms with Crippen LogP contribution in [0.4, 0.5) is 0 Å². The van der Waals surface area contributed by atoms with Crippen molar-refractivity contribution in [1.82, 2.24) is 9.38 Å². The van der Waals surface area contributed by atoms with E-state index in [4.69, 9.17) is 0 Å². The number of aromatic nitrogens is 2. The predicted molar refractivity (Wildman–Crippen MR) is 99.7 cm³/mol. The average Bonchev–Trinajstić information content (AvgIpc) is 3.36. The molecule has 2 heterocycles. The van der Waals surface area contributed by atoms with Gasteiger partial charge in [0.1, 0.15) is 0 Å². The first-order valence-electron chi connectivity index (χ1n) is 7.63. The Bertz CT molecular complexity index is 1150. The molecule has 0 aliphatic carbocycles. The fourth-order valence-corrected chi connectivity index (χ4v) is 3.56. The largest absolute Gasteiger partial charge is 2.00 e. The second-order valence-corrected chi connectivity index (χ2v) is 6.32. The van der Waals surface area contributed by atoms with E-state index in [2.05, 4.69) is 4.98 Å². The Morgan fingerprint density at radius 3 is 2.48 bits per heavy atom. The third kappa shape index (κ3) is 3.49. The summed E-state index contributed by atoms with van der Waals surface area (Å²) in [6, 6.07) is 25.6. The number of benzene rings is 1. The Labute approximate surface area is 159 Å². The molecule has 0 saturated heterocycles. The van der Waals surface area contributed by atoms with Crippen molar-refractivity contribution < 1.29 is 17.1 Å². The summed E-state index contributed by atoms with van der Waals surface area (Å²) in [7, 11) is 0. The van der Waals surface area contributed by atoms with Crippen molar-refractivity contribution in [3.05, 3.63) is 99.3 Å². The van der Waals surface area contributed by atoms with Gasteiger partial charge in [-0.05, 0) is 12.1 Å². The van der Waals surface area contributed by atoms with Gasteiger partial charge in [-0.2, -0.15) is 42.0 Å². The molecule has 25 heavy (non-hydrogen) atoms. The van der Waals surface area contributed by atoms with Crippen LogP contribution in [0.25, 0.3) is 22.1 Å². The van der Waals surface area contributed by atoms with Gasteiger partial charge >= 0.3 is 17.1 Å². The third-order valence-corrected chi connectivity index (χ3v) is 4.66. The van der Waals surface area contributed by atoms with Crippen LogP contribution >= 0.6 is 11.3 Å². The zero-order valence-electron chi connectivity index (χ0n) is 13.1. The van der Waals surface area contributed by atoms with Crippen molar-refractivity contribution in [2.24, 2.45) is 0 Å². The van der Waals surface area contributed by atoms with Crippen LogP contribution in [0.2, 0.25) is 0 Å². The van der Waals surface area contributed by atoms with Gasteiger partial charge in [0.05, 0.1) is 15.6 Å². The van der Waals surface area contributed by atoms with Crippen molar-refractivity contribution in [1.29, 1.82) is 0 Å². The van der Waals surface area contributed by atoms with Gasteiger partial charge in [-0.3, -0.25) is 4.79 Å². The maximum absolute atomic E-state index is 12.4. The quantitative estimate of drug-likeness (QED) is 0.326. The van der Waals surface area contributed by atoms with E-state index in [-0.39, 0.29) is 22.6 Å². The number of nitrogens with zero attached hydrogens (tertiary/aromatic N) is 2. The second-order valence-electron chi connectivity index (χ2n) is 5.31. The van der Waals surface area contributed by atoms with Gasteiger partial charge in [0.25, 0.3) is 5.56 Å². The minimum absolute atomic E-state index is 0. The normalized spacial score (nSPS) is 11.3. The number of para-hydroxylation sites is 2. The van der Waals surface area contributed by atoms with Crippen LogP contribution in [0.3, 0.4) is 0 Å². The van der Waals surface area contributed by atoms with E-state index >= 15 is 0 Å². The molecule has 5 heteroatoms. The molecule has 5 aromatic rings. The summed E-state index contributed by atoms with van der Waals surface area (Å²) in [5.41, 5.74) is 2.80. The minimum Gasteiger partial charge on any atom is -0.268 e. The smallest absolute Gasteiger partial charge is 0.268 e. The Balaban J connectivity index is 0.000000264. The molecule has 0 saturated carbocycles. The van der Waals surface area contributed by atoms with Crippen LogP contribution in [0.5, 0.6) is 0 Å². The van der Waals surface area contributed by atoms with Gasteiger partial charge in [0.15, 0.2) is 4.96 Å². The SMILES string of the molecule is O=c1c(=Cc2ccc[cH-]2)sc2nc3ccccc3n12.[Fe+2].c1cc[cH-]c1. The molecule has 0 spiro atoms. The number of fused-ring (bicyclic) bond motifs is 3. The molecule has 5 rings (SSSR count). The minimum atomic E-state index is 0. The van der Waals surface area contributed by atoms with Crippen molar-refractivity contribution in [3.8, 4) is 0 Å². The summed E-state index contributed by atoms with van der Waals surface area (Å²) in [4.78, 5) is 17.7. The molecular weight excluding hydrogens is 372 g/mol. The molecule has 0 N–H and O–H groups in total. The van der Waals surface area contributed by atoms with Crippen LogP contribution in [-0.4, -0.2) is 9.38 Å². The van der Waals surface area contributed by atoms with Crippen molar-refractivity contribution in [2.45, 2.75) is 0 Å². The molecule has 0 amide bonds. The molecule has 0 bridgehead atoms. The van der Waals surface area contributed by atoms with Crippen LogP contribution in [0.15, 0.2) is 83.7 Å². The summed E-state index contributed by atoms with van der Waals surface area (Å²) >= 11 is 1.43. The Morgan fingerprint density at radius 1 is 1.00 bits per heavy atom. The molecule has 0 atom stereocenters. The first-order chi connectivity index (χ1) is 11.8. The number of thiazole rings is 1. The topological polar surface area (TPSA) is 34.4 Å². The van der Waals surface area contributed by atoms with E-state index in [0.717, 1.165) is 26.1 Å². The van der Waals surface area contributed by atoms with Crippen LogP contribution in [0, 0.1) is 0 Å². The molecule has 0 aliphatic heterocycles. The summed E-state index contributed by atoms with van der Waals surface area (Å²) < 4.78 is 2.41. The summed E-state index contributed by atoms with van der Waals surface area (Å²) in [6.45, 7) is 0. The average molecular weight is 386 g/mol. The second kappa shape index (κ2) is 7.62. The molecule has 0 unspecified atom stereocenters. The summed E-state index contributed by atoms with van der Waals surface area (Å²) in [5, 5.41) is 0. The van der Waals surface area contributed by atoms with E-state index in [1.165, 1.54) is 11.3 Å². The third-order valence-electron chi connectivity index (χ3n) is 3.69. The van der Waals surface area contributed by atoms with Crippen molar-refractivity contribution in [3.63, 3.8) is 0 Å². The number of hydrogen-bond acceptors (Lipinski definition) is 3. The van der Waals surface area contributed by atoms with Gasteiger partial charge in [-0.15, -0.1) is 23.5 Å². The van der Waals surface area contributed by atoms with E-state index in [0.29, 0.717) is 0 Å². The molecule has 0 fully saturated rings. The van der Waals surface area contributed by atoms with Crippen molar-refractivity contribution >= 4 is 33.4 Å². The van der Waals surface area contributed by atoms with Gasteiger partial charge < -0.3 is 0 Å². The summed E-state index contributed by atoms with van der Waals surface area (Å²) in [5.74, 6) is 0. The van der Waals surface area contributed by atoms with Crippen LogP contribution < -0.4 is 10.1 Å². The van der Waals surface area contributed by atoms with E-state index < -0.39 is 0 Å². The molecule has 3 nitrogen and oxygen atoms in total. The first-order valence-corrected chi connectivity index (χ1v) is 8.45. The maximum atomic E-state index is 12.4. The molecule has 3 aromatic carbocycles.